The van der Waals surface area contributed by atoms with Gasteiger partial charge in [0.1, 0.15) is 22.8 Å². The van der Waals surface area contributed by atoms with E-state index in [2.05, 4.69) is 87.7 Å². The van der Waals surface area contributed by atoms with Crippen LogP contribution in [0.25, 0.3) is 38.6 Å². The first-order chi connectivity index (χ1) is 24.5. The number of hydrogen-bond acceptors (Lipinski definition) is 5. The van der Waals surface area contributed by atoms with E-state index in [-0.39, 0.29) is 35.7 Å². The van der Waals surface area contributed by atoms with Crippen molar-refractivity contribution in [1.82, 2.24) is 35.1 Å². The Bertz CT molecular complexity index is 1900. The lowest BCUT2D eigenvalue weighted by atomic mass is 9.96. The van der Waals surface area contributed by atoms with Crippen LogP contribution in [0.3, 0.4) is 0 Å². The van der Waals surface area contributed by atoms with Crippen LogP contribution in [0.2, 0.25) is 0 Å². The number of likely N-dealkylation sites (tertiary alicyclic amines) is 2. The van der Waals surface area contributed by atoms with Gasteiger partial charge in [0.05, 0.1) is 35.9 Å². The molecule has 266 valence electrons. The third kappa shape index (κ3) is 7.60. The van der Waals surface area contributed by atoms with Crippen LogP contribution in [-0.4, -0.2) is 66.5 Å². The second kappa shape index (κ2) is 15.3. The molecule has 6 rings (SSSR count). The van der Waals surface area contributed by atoms with Crippen LogP contribution < -0.4 is 5.32 Å². The Morgan fingerprint density at radius 3 is 1.65 bits per heavy atom. The molecule has 4 atom stereocenters. The summed E-state index contributed by atoms with van der Waals surface area (Å²) < 4.78 is 0. The van der Waals surface area contributed by atoms with Gasteiger partial charge in [0.15, 0.2) is 5.84 Å². The number of carbonyl (C=O) groups is 2. The summed E-state index contributed by atoms with van der Waals surface area (Å²) in [7, 11) is 0. The summed E-state index contributed by atoms with van der Waals surface area (Å²) in [6, 6.07) is 16.2. The second-order valence-corrected chi connectivity index (χ2v) is 14.6. The molecule has 11 heteroatoms. The van der Waals surface area contributed by atoms with E-state index in [1.807, 2.05) is 43.0 Å². The lowest BCUT2D eigenvalue weighted by molar-refractivity contribution is -0.137. The summed E-state index contributed by atoms with van der Waals surface area (Å²) in [6.45, 7) is 20.4. The van der Waals surface area contributed by atoms with Crippen molar-refractivity contribution in [2.75, 3.05) is 13.1 Å². The van der Waals surface area contributed by atoms with Crippen LogP contribution >= 0.6 is 0 Å². The van der Waals surface area contributed by atoms with Crippen molar-refractivity contribution in [2.24, 2.45) is 22.9 Å². The van der Waals surface area contributed by atoms with Crippen LogP contribution in [0, 0.1) is 24.3 Å². The molecule has 4 heterocycles. The first-order valence-corrected chi connectivity index (χ1v) is 18.1. The standard InChI is InChI=1S/C40H49N9O2/c1-24(2)26(5)39(50)48-20-8-10-34(48)37-42-22-32(45-37)30-16-12-28(13-17-30)29-14-18-31(19-15-29)33-23-43-38(46-33)35-11-9-21-49(35)40(51)36(25(3)4)44-27(6)47-41-7/h12-19,22-26,34-36H,8-11,20-21H2,1-6H3,(H,42,45)(H,43,46)(H,44,47)/t26-,34-,35-,36-/m0/s1. The maximum atomic E-state index is 13.7. The topological polar surface area (TPSA) is 127 Å². The summed E-state index contributed by atoms with van der Waals surface area (Å²) in [5.74, 6) is 2.62. The number of benzene rings is 2. The maximum Gasteiger partial charge on any atom is 0.245 e. The van der Waals surface area contributed by atoms with E-state index < -0.39 is 6.04 Å². The van der Waals surface area contributed by atoms with Crippen LogP contribution in [0.15, 0.2) is 66.0 Å². The highest BCUT2D eigenvalue weighted by atomic mass is 16.2. The number of nitrogens with one attached hydrogen (secondary N) is 3. The lowest BCUT2D eigenvalue weighted by Gasteiger charge is -2.30. The molecule has 2 aromatic carbocycles. The minimum atomic E-state index is -0.470. The predicted molar refractivity (Wildman–Crippen MR) is 200 cm³/mol. The summed E-state index contributed by atoms with van der Waals surface area (Å²) in [5, 5.41) is 6.88. The van der Waals surface area contributed by atoms with Gasteiger partial charge in [0.2, 0.25) is 11.8 Å². The molecule has 2 aliphatic heterocycles. The number of amidine groups is 1. The van der Waals surface area contributed by atoms with E-state index in [9.17, 15) is 9.59 Å². The number of nitrogens with zero attached hydrogens (tertiary/aromatic N) is 6. The molecule has 0 aliphatic carbocycles. The van der Waals surface area contributed by atoms with Gasteiger partial charge in [-0.2, -0.15) is 6.57 Å². The molecule has 2 fully saturated rings. The van der Waals surface area contributed by atoms with E-state index in [0.717, 1.165) is 77.5 Å². The van der Waals surface area contributed by atoms with Crippen LogP contribution in [0.1, 0.15) is 91.0 Å². The monoisotopic (exact) mass is 687 g/mol. The van der Waals surface area contributed by atoms with Crippen molar-refractivity contribution < 1.29 is 9.59 Å². The molecule has 0 unspecified atom stereocenters. The molecule has 11 nitrogen and oxygen atoms in total. The summed E-state index contributed by atoms with van der Waals surface area (Å²) in [6.07, 6.45) is 7.37. The van der Waals surface area contributed by atoms with Crippen LogP contribution in [0.4, 0.5) is 0 Å². The predicted octanol–water partition coefficient (Wildman–Crippen LogP) is 7.62. The lowest BCUT2D eigenvalue weighted by Crippen LogP contribution is -2.50. The molecule has 2 amide bonds. The number of hydrogen-bond donors (Lipinski definition) is 3. The first kappa shape index (κ1) is 35.6. The number of amides is 2. The average molecular weight is 688 g/mol. The van der Waals surface area contributed by atoms with Gasteiger partial charge in [-0.05, 0) is 59.8 Å². The highest BCUT2D eigenvalue weighted by Gasteiger charge is 2.37. The quantitative estimate of drug-likeness (QED) is 0.0685. The zero-order valence-corrected chi connectivity index (χ0v) is 30.5. The van der Waals surface area contributed by atoms with Gasteiger partial charge >= 0.3 is 0 Å². The Morgan fingerprint density at radius 1 is 0.765 bits per heavy atom. The molecular weight excluding hydrogens is 639 g/mol. The highest BCUT2D eigenvalue weighted by Crippen LogP contribution is 2.35. The van der Waals surface area contributed by atoms with Crippen molar-refractivity contribution in [2.45, 2.75) is 85.4 Å². The van der Waals surface area contributed by atoms with Crippen molar-refractivity contribution in [3.05, 3.63) is 84.1 Å². The van der Waals surface area contributed by atoms with Gasteiger partial charge in [0.25, 0.3) is 0 Å². The zero-order chi connectivity index (χ0) is 36.2. The molecule has 51 heavy (non-hydrogen) atoms. The number of imidazole rings is 2. The van der Waals surface area contributed by atoms with Crippen LogP contribution in [-0.2, 0) is 9.59 Å². The van der Waals surface area contributed by atoms with Gasteiger partial charge < -0.3 is 25.1 Å². The summed E-state index contributed by atoms with van der Waals surface area (Å²) in [4.78, 5) is 50.2. The van der Waals surface area contributed by atoms with Gasteiger partial charge in [-0.25, -0.2) is 9.97 Å². The minimum Gasteiger partial charge on any atom is -0.356 e. The van der Waals surface area contributed by atoms with Gasteiger partial charge in [-0.15, -0.1) is 4.95 Å². The normalized spacial score (nSPS) is 19.1. The minimum absolute atomic E-state index is 0.00275. The van der Waals surface area contributed by atoms with E-state index in [1.54, 1.807) is 6.92 Å². The summed E-state index contributed by atoms with van der Waals surface area (Å²) >= 11 is 0. The molecule has 4 aromatic rings. The molecule has 2 aliphatic rings. The zero-order valence-electron chi connectivity index (χ0n) is 30.5. The summed E-state index contributed by atoms with van der Waals surface area (Å²) in [5.41, 5.74) is 6.13. The van der Waals surface area contributed by atoms with E-state index in [4.69, 9.17) is 16.5 Å². The van der Waals surface area contributed by atoms with Crippen molar-refractivity contribution in [3.8, 4) is 33.6 Å². The fourth-order valence-electron chi connectivity index (χ4n) is 7.19. The molecule has 0 bridgehead atoms. The fourth-order valence-corrected chi connectivity index (χ4v) is 7.19. The van der Waals surface area contributed by atoms with Crippen molar-refractivity contribution in [3.63, 3.8) is 0 Å². The Balaban J connectivity index is 1.11. The third-order valence-electron chi connectivity index (χ3n) is 10.5. The van der Waals surface area contributed by atoms with Crippen molar-refractivity contribution >= 4 is 17.6 Å². The highest BCUT2D eigenvalue weighted by molar-refractivity contribution is 5.89. The molecule has 0 radical (unpaired) electrons. The smallest absolute Gasteiger partial charge is 0.245 e. The van der Waals surface area contributed by atoms with Gasteiger partial charge in [0, 0.05) is 25.9 Å². The molecular formula is C40H49N9O2. The second-order valence-electron chi connectivity index (χ2n) is 14.6. The fraction of sp³-hybridized carbons (Fsp3) is 0.450. The number of carbonyl (C=O) groups excluding carboxylic acids is 2. The Morgan fingerprint density at radius 2 is 1.22 bits per heavy atom. The Kier molecular flexibility index (Phi) is 10.7. The van der Waals surface area contributed by atoms with E-state index in [0.29, 0.717) is 18.3 Å². The first-order valence-electron chi connectivity index (χ1n) is 18.1. The van der Waals surface area contributed by atoms with E-state index in [1.165, 1.54) is 0 Å². The molecule has 2 aromatic heterocycles. The number of H-pyrrole nitrogens is 2. The molecule has 0 saturated carbocycles. The average Bonchev–Trinajstić information content (AvgIpc) is 3.96. The Hall–Kier alpha value is -5.24. The van der Waals surface area contributed by atoms with Gasteiger partial charge in [-0.1, -0.05) is 83.1 Å². The van der Waals surface area contributed by atoms with Gasteiger partial charge in [-0.3, -0.25) is 9.59 Å². The molecule has 0 spiro atoms. The third-order valence-corrected chi connectivity index (χ3v) is 10.5. The SMILES string of the molecule is [C-]#[N+]N=C(C)N[C@H](C(=O)N1CCC[C@H]1c1ncc(-c2ccc(-c3ccc(-c4cnc([C@@H]5CCCN5C(=O)[C@@H](C)C(C)C)[nH]4)cc3)cc2)[nH]1)C(C)C. The maximum absolute atomic E-state index is 13.7. The molecule has 2 saturated heterocycles. The number of aromatic nitrogens is 4. The molecule has 3 N–H and O–H groups in total. The van der Waals surface area contributed by atoms with Crippen LogP contribution in [0.5, 0.6) is 0 Å². The van der Waals surface area contributed by atoms with Crippen molar-refractivity contribution in [1.29, 1.82) is 0 Å². The largest absolute Gasteiger partial charge is 0.356 e. The van der Waals surface area contributed by atoms with E-state index >= 15 is 0 Å². The number of aromatic amines is 2. The Labute approximate surface area is 300 Å². The number of rotatable bonds is 10.